The second kappa shape index (κ2) is 6.72. The van der Waals surface area contributed by atoms with Gasteiger partial charge in [0.2, 0.25) is 5.91 Å². The fraction of sp³-hybridized carbons (Fsp3) is 0.385. The van der Waals surface area contributed by atoms with Gasteiger partial charge in [0.25, 0.3) is 5.91 Å². The number of carbonyl (C=O) groups is 2. The van der Waals surface area contributed by atoms with E-state index in [1.54, 1.807) is 19.0 Å². The van der Waals surface area contributed by atoms with Gasteiger partial charge in [0, 0.05) is 30.6 Å². The van der Waals surface area contributed by atoms with E-state index >= 15 is 0 Å². The van der Waals surface area contributed by atoms with E-state index in [1.807, 2.05) is 25.1 Å². The van der Waals surface area contributed by atoms with Crippen molar-refractivity contribution in [2.75, 3.05) is 20.6 Å². The normalized spacial score (nSPS) is 10.0. The molecule has 1 aromatic carbocycles. The van der Waals surface area contributed by atoms with Crippen molar-refractivity contribution in [3.05, 3.63) is 32.9 Å². The number of carbonyl (C=O) groups excluding carboxylic acids is 2. The SMILES string of the molecule is CNC(=O)CCN(C)C(=O)c1cccc(C)c1I. The fourth-order valence-electron chi connectivity index (χ4n) is 1.51. The minimum atomic E-state index is -0.0615. The molecule has 0 heterocycles. The molecule has 1 N–H and O–H groups in total. The van der Waals surface area contributed by atoms with Gasteiger partial charge < -0.3 is 10.2 Å². The summed E-state index contributed by atoms with van der Waals surface area (Å²) in [4.78, 5) is 24.9. The number of hydrogen-bond acceptors (Lipinski definition) is 2. The highest BCUT2D eigenvalue weighted by Crippen LogP contribution is 2.18. The van der Waals surface area contributed by atoms with Gasteiger partial charge in [-0.25, -0.2) is 0 Å². The molecular weight excluding hydrogens is 343 g/mol. The van der Waals surface area contributed by atoms with Crippen LogP contribution in [-0.4, -0.2) is 37.4 Å². The van der Waals surface area contributed by atoms with Crippen LogP contribution in [0, 0.1) is 10.5 Å². The summed E-state index contributed by atoms with van der Waals surface area (Å²) >= 11 is 2.18. The summed E-state index contributed by atoms with van der Waals surface area (Å²) < 4.78 is 0.965. The molecule has 0 fully saturated rings. The third-order valence-electron chi connectivity index (χ3n) is 2.72. The van der Waals surface area contributed by atoms with E-state index < -0.39 is 0 Å². The van der Waals surface area contributed by atoms with Crippen LogP contribution in [0.15, 0.2) is 18.2 Å². The standard InChI is InChI=1S/C13H17IN2O2/c1-9-5-4-6-10(12(9)14)13(18)16(3)8-7-11(17)15-2/h4-6H,7-8H2,1-3H3,(H,15,17). The Labute approximate surface area is 121 Å². The van der Waals surface area contributed by atoms with Crippen molar-refractivity contribution in [2.45, 2.75) is 13.3 Å². The summed E-state index contributed by atoms with van der Waals surface area (Å²) in [6.07, 6.45) is 0.321. The molecule has 0 aliphatic carbocycles. The zero-order valence-electron chi connectivity index (χ0n) is 10.8. The summed E-state index contributed by atoms with van der Waals surface area (Å²) in [5.41, 5.74) is 1.77. The topological polar surface area (TPSA) is 49.4 Å². The molecule has 1 aromatic rings. The Morgan fingerprint density at radius 3 is 2.67 bits per heavy atom. The predicted molar refractivity (Wildman–Crippen MR) is 79.5 cm³/mol. The number of rotatable bonds is 4. The summed E-state index contributed by atoms with van der Waals surface area (Å²) in [6.45, 7) is 2.39. The van der Waals surface area contributed by atoms with Gasteiger partial charge >= 0.3 is 0 Å². The van der Waals surface area contributed by atoms with Crippen LogP contribution in [0.2, 0.25) is 0 Å². The van der Waals surface area contributed by atoms with Gasteiger partial charge in [-0.2, -0.15) is 0 Å². The van der Waals surface area contributed by atoms with Crippen molar-refractivity contribution >= 4 is 34.4 Å². The molecule has 0 aliphatic heterocycles. The Balaban J connectivity index is 2.74. The van der Waals surface area contributed by atoms with E-state index in [-0.39, 0.29) is 11.8 Å². The molecule has 18 heavy (non-hydrogen) atoms. The smallest absolute Gasteiger partial charge is 0.254 e. The van der Waals surface area contributed by atoms with E-state index in [4.69, 9.17) is 0 Å². The lowest BCUT2D eigenvalue weighted by Crippen LogP contribution is -2.31. The van der Waals surface area contributed by atoms with Crippen LogP contribution in [0.4, 0.5) is 0 Å². The van der Waals surface area contributed by atoms with E-state index in [0.717, 1.165) is 9.13 Å². The van der Waals surface area contributed by atoms with Crippen LogP contribution in [0.3, 0.4) is 0 Å². The zero-order chi connectivity index (χ0) is 13.7. The number of halogens is 1. The van der Waals surface area contributed by atoms with Crippen LogP contribution in [0.25, 0.3) is 0 Å². The minimum absolute atomic E-state index is 0.0491. The van der Waals surface area contributed by atoms with Crippen LogP contribution in [0.5, 0.6) is 0 Å². The number of hydrogen-bond donors (Lipinski definition) is 1. The maximum absolute atomic E-state index is 12.2. The molecule has 0 aliphatic rings. The molecule has 1 rings (SSSR count). The summed E-state index contributed by atoms with van der Waals surface area (Å²) in [5.74, 6) is -0.111. The van der Waals surface area contributed by atoms with E-state index in [9.17, 15) is 9.59 Å². The quantitative estimate of drug-likeness (QED) is 0.833. The van der Waals surface area contributed by atoms with Crippen LogP contribution >= 0.6 is 22.6 Å². The second-order valence-corrected chi connectivity index (χ2v) is 5.17. The molecule has 0 radical (unpaired) electrons. The van der Waals surface area contributed by atoms with Gasteiger partial charge in [-0.05, 0) is 41.1 Å². The molecule has 98 valence electrons. The number of aryl methyl sites for hydroxylation is 1. The predicted octanol–water partition coefficient (Wildman–Crippen LogP) is 1.81. The summed E-state index contributed by atoms with van der Waals surface area (Å²) in [6, 6.07) is 5.66. The molecule has 0 bridgehead atoms. The summed E-state index contributed by atoms with van der Waals surface area (Å²) in [7, 11) is 3.30. The monoisotopic (exact) mass is 360 g/mol. The maximum atomic E-state index is 12.2. The van der Waals surface area contributed by atoms with Gasteiger partial charge in [0.1, 0.15) is 0 Å². The molecule has 5 heteroatoms. The third kappa shape index (κ3) is 3.69. The lowest BCUT2D eigenvalue weighted by Gasteiger charge is -2.18. The lowest BCUT2D eigenvalue weighted by atomic mass is 10.1. The van der Waals surface area contributed by atoms with Crippen molar-refractivity contribution in [2.24, 2.45) is 0 Å². The van der Waals surface area contributed by atoms with Crippen molar-refractivity contribution in [1.82, 2.24) is 10.2 Å². The molecule has 2 amide bonds. The number of nitrogens with zero attached hydrogens (tertiary/aromatic N) is 1. The first kappa shape index (κ1) is 14.9. The van der Waals surface area contributed by atoms with Crippen LogP contribution in [0.1, 0.15) is 22.3 Å². The Morgan fingerprint density at radius 1 is 1.39 bits per heavy atom. The first-order chi connectivity index (χ1) is 8.47. The van der Waals surface area contributed by atoms with Crippen molar-refractivity contribution in [3.8, 4) is 0 Å². The third-order valence-corrected chi connectivity index (χ3v) is 4.15. The fourth-order valence-corrected chi connectivity index (χ4v) is 2.10. The Morgan fingerprint density at radius 2 is 2.06 bits per heavy atom. The van der Waals surface area contributed by atoms with Crippen LogP contribution in [-0.2, 0) is 4.79 Å². The molecule has 4 nitrogen and oxygen atoms in total. The van der Waals surface area contributed by atoms with Gasteiger partial charge in [0.15, 0.2) is 0 Å². The Hall–Kier alpha value is -1.11. The van der Waals surface area contributed by atoms with Gasteiger partial charge in [-0.1, -0.05) is 12.1 Å². The first-order valence-electron chi connectivity index (χ1n) is 5.68. The van der Waals surface area contributed by atoms with Crippen molar-refractivity contribution in [3.63, 3.8) is 0 Å². The first-order valence-corrected chi connectivity index (χ1v) is 6.76. The molecule has 0 spiro atoms. The molecule has 0 unspecified atom stereocenters. The van der Waals surface area contributed by atoms with Gasteiger partial charge in [0.05, 0.1) is 5.56 Å². The van der Waals surface area contributed by atoms with Crippen molar-refractivity contribution < 1.29 is 9.59 Å². The molecule has 0 saturated heterocycles. The highest BCUT2D eigenvalue weighted by Gasteiger charge is 2.16. The number of amides is 2. The molecule has 0 saturated carbocycles. The second-order valence-electron chi connectivity index (χ2n) is 4.09. The van der Waals surface area contributed by atoms with Gasteiger partial charge in [-0.15, -0.1) is 0 Å². The highest BCUT2D eigenvalue weighted by atomic mass is 127. The average molecular weight is 360 g/mol. The zero-order valence-corrected chi connectivity index (χ0v) is 12.9. The van der Waals surface area contributed by atoms with E-state index in [0.29, 0.717) is 18.5 Å². The summed E-state index contributed by atoms with van der Waals surface area (Å²) in [5, 5.41) is 2.54. The highest BCUT2D eigenvalue weighted by molar-refractivity contribution is 14.1. The Kier molecular flexibility index (Phi) is 5.58. The maximum Gasteiger partial charge on any atom is 0.254 e. The number of benzene rings is 1. The molecule has 0 aromatic heterocycles. The average Bonchev–Trinajstić information content (AvgIpc) is 2.37. The van der Waals surface area contributed by atoms with E-state index in [2.05, 4.69) is 27.9 Å². The van der Waals surface area contributed by atoms with Gasteiger partial charge in [-0.3, -0.25) is 9.59 Å². The lowest BCUT2D eigenvalue weighted by molar-refractivity contribution is -0.120. The largest absolute Gasteiger partial charge is 0.359 e. The van der Waals surface area contributed by atoms with E-state index in [1.165, 1.54) is 0 Å². The van der Waals surface area contributed by atoms with Crippen molar-refractivity contribution in [1.29, 1.82) is 0 Å². The Bertz CT molecular complexity index is 460. The van der Waals surface area contributed by atoms with Crippen LogP contribution < -0.4 is 5.32 Å². The minimum Gasteiger partial charge on any atom is -0.359 e. The molecular formula is C13H17IN2O2. The molecule has 0 atom stereocenters. The number of nitrogens with one attached hydrogen (secondary N) is 1.